The molecule has 2 aromatic rings. The molecule has 0 unspecified atom stereocenters. The zero-order chi connectivity index (χ0) is 25.5. The molecule has 1 amide bonds. The lowest BCUT2D eigenvalue weighted by atomic mass is 10.1. The molecule has 2 rings (SSSR count). The molecule has 188 valence electrons. The summed E-state index contributed by atoms with van der Waals surface area (Å²) in [5.41, 5.74) is 12.6. The fraction of sp³-hybridized carbons (Fsp3) is 0.458. The van der Waals surface area contributed by atoms with E-state index < -0.39 is 22.1 Å². The number of nitrogens with two attached hydrogens (primary N) is 2. The van der Waals surface area contributed by atoms with Gasteiger partial charge in [0.15, 0.2) is 0 Å². The first-order chi connectivity index (χ1) is 16.0. The highest BCUT2D eigenvalue weighted by Crippen LogP contribution is 2.27. The van der Waals surface area contributed by atoms with Crippen LogP contribution in [0, 0.1) is 5.92 Å². The average Bonchev–Trinajstić information content (AvgIpc) is 2.78. The summed E-state index contributed by atoms with van der Waals surface area (Å²) in [6.45, 7) is 5.60. The lowest BCUT2D eigenvalue weighted by Crippen LogP contribution is -2.46. The van der Waals surface area contributed by atoms with Crippen molar-refractivity contribution in [2.24, 2.45) is 11.7 Å². The van der Waals surface area contributed by atoms with Crippen LogP contribution in [0.25, 0.3) is 0 Å². The number of hydrogen-bond donors (Lipinski definition) is 3. The molecule has 10 heteroatoms. The van der Waals surface area contributed by atoms with Crippen LogP contribution in [-0.2, 0) is 14.8 Å². The fourth-order valence-electron chi connectivity index (χ4n) is 3.66. The number of amides is 1. The van der Waals surface area contributed by atoms with Crippen molar-refractivity contribution in [1.29, 1.82) is 0 Å². The molecule has 0 aliphatic rings. The number of para-hydroxylation sites is 1. The summed E-state index contributed by atoms with van der Waals surface area (Å²) in [4.78, 5) is 14.4. The minimum atomic E-state index is -3.87. The van der Waals surface area contributed by atoms with Crippen LogP contribution in [0.15, 0.2) is 53.4 Å². The van der Waals surface area contributed by atoms with Gasteiger partial charge in [0.25, 0.3) is 0 Å². The van der Waals surface area contributed by atoms with Gasteiger partial charge >= 0.3 is 0 Å². The summed E-state index contributed by atoms with van der Waals surface area (Å²) >= 11 is 6.31. The lowest BCUT2D eigenvalue weighted by molar-refractivity contribution is -0.119. The summed E-state index contributed by atoms with van der Waals surface area (Å²) in [6.07, 6.45) is 0.769. The molecule has 0 fully saturated rings. The van der Waals surface area contributed by atoms with Gasteiger partial charge in [-0.05, 0) is 62.1 Å². The van der Waals surface area contributed by atoms with Crippen molar-refractivity contribution in [3.8, 4) is 0 Å². The molecule has 34 heavy (non-hydrogen) atoms. The van der Waals surface area contributed by atoms with Gasteiger partial charge in [0.05, 0.1) is 28.3 Å². The molecule has 0 aliphatic carbocycles. The largest absolute Gasteiger partial charge is 0.399 e. The van der Waals surface area contributed by atoms with Gasteiger partial charge in [0, 0.05) is 24.8 Å². The monoisotopic (exact) mass is 510 g/mol. The van der Waals surface area contributed by atoms with E-state index in [1.165, 1.54) is 33.5 Å². The number of rotatable bonds is 12. The second-order valence-corrected chi connectivity index (χ2v) is 11.0. The number of nitrogen functional groups attached to an aromatic ring is 1. The van der Waals surface area contributed by atoms with Crippen LogP contribution < -0.4 is 16.4 Å². The molecule has 2 atom stereocenters. The maximum atomic E-state index is 13.4. The number of nitrogens with zero attached hydrogens (tertiary/aromatic N) is 2. The number of sulfonamides is 1. The first kappa shape index (κ1) is 28.1. The number of carbonyl (C=O) groups excluding carboxylic acids is 1. The molecule has 0 bridgehead atoms. The highest BCUT2D eigenvalue weighted by Gasteiger charge is 2.32. The fourth-order valence-corrected chi connectivity index (χ4v) is 5.70. The van der Waals surface area contributed by atoms with Gasteiger partial charge in [-0.3, -0.25) is 4.79 Å². The Bertz CT molecular complexity index is 1050. The molecule has 0 saturated heterocycles. The van der Waals surface area contributed by atoms with Crippen molar-refractivity contribution in [2.45, 2.75) is 50.6 Å². The van der Waals surface area contributed by atoms with E-state index in [1.54, 1.807) is 31.2 Å². The first-order valence-corrected chi connectivity index (χ1v) is 13.1. The van der Waals surface area contributed by atoms with Gasteiger partial charge in [-0.25, -0.2) is 8.42 Å². The van der Waals surface area contributed by atoms with E-state index in [1.807, 2.05) is 13.8 Å². The summed E-state index contributed by atoms with van der Waals surface area (Å²) in [6, 6.07) is 11.6. The summed E-state index contributed by atoms with van der Waals surface area (Å²) in [7, 11) is -3.87. The molecule has 0 radical (unpaired) electrons. The van der Waals surface area contributed by atoms with Crippen molar-refractivity contribution in [2.75, 3.05) is 30.3 Å². The van der Waals surface area contributed by atoms with Gasteiger partial charge in [0.2, 0.25) is 15.9 Å². The number of benzene rings is 2. The number of hydrogen-bond acceptors (Lipinski definition) is 6. The third kappa shape index (κ3) is 7.16. The van der Waals surface area contributed by atoms with Crippen LogP contribution in [0.2, 0.25) is 5.02 Å². The van der Waals surface area contributed by atoms with Gasteiger partial charge < -0.3 is 21.5 Å². The highest BCUT2D eigenvalue weighted by molar-refractivity contribution is 7.89. The second-order valence-electron chi connectivity index (χ2n) is 8.75. The number of anilines is 2. The average molecular weight is 511 g/mol. The van der Waals surface area contributed by atoms with E-state index in [9.17, 15) is 18.3 Å². The predicted octanol–water partition coefficient (Wildman–Crippen LogP) is 3.09. The minimum absolute atomic E-state index is 0.0388. The standard InChI is InChI=1S/C24H35ClN4O4S/c1-17(2)15-29(34(32,33)21-12-10-19(27)11-13-21)20(16-30)7-6-14-28(24(31)18(3)26)23-9-5-4-8-22(23)25/h4-5,8-13,17-18,20,30H,6-7,14-16,26-27H2,1-3H3/t18-,20-/m0/s1. The van der Waals surface area contributed by atoms with E-state index in [0.29, 0.717) is 29.2 Å². The topological polar surface area (TPSA) is 130 Å². The Morgan fingerprint density at radius 2 is 1.71 bits per heavy atom. The molecule has 5 N–H and O–H groups in total. The quantitative estimate of drug-likeness (QED) is 0.376. The number of aliphatic hydroxyl groups excluding tert-OH is 1. The molecule has 8 nitrogen and oxygen atoms in total. The third-order valence-corrected chi connectivity index (χ3v) is 7.62. The maximum Gasteiger partial charge on any atom is 0.243 e. The SMILES string of the molecule is CC(C)CN([C@H](CO)CCCN(C(=O)[C@H](C)N)c1ccccc1Cl)S(=O)(=O)c1ccc(N)cc1. The molecule has 0 aliphatic heterocycles. The Kier molecular flexibility index (Phi) is 10.3. The van der Waals surface area contributed by atoms with E-state index in [-0.39, 0.29) is 36.4 Å². The Morgan fingerprint density at radius 3 is 2.24 bits per heavy atom. The van der Waals surface area contributed by atoms with Crippen LogP contribution in [0.5, 0.6) is 0 Å². The minimum Gasteiger partial charge on any atom is -0.399 e. The van der Waals surface area contributed by atoms with Gasteiger partial charge in [-0.2, -0.15) is 4.31 Å². The molecule has 0 saturated carbocycles. The normalized spacial score (nSPS) is 13.8. The number of halogens is 1. The molecule has 0 spiro atoms. The zero-order valence-electron chi connectivity index (χ0n) is 19.9. The van der Waals surface area contributed by atoms with Crippen LogP contribution >= 0.6 is 11.6 Å². The van der Waals surface area contributed by atoms with Crippen LogP contribution in [-0.4, -0.2) is 55.5 Å². The van der Waals surface area contributed by atoms with Crippen molar-refractivity contribution < 1.29 is 18.3 Å². The molecule has 0 heterocycles. The van der Waals surface area contributed by atoms with Crippen molar-refractivity contribution >= 4 is 38.9 Å². The summed E-state index contributed by atoms with van der Waals surface area (Å²) < 4.78 is 28.2. The van der Waals surface area contributed by atoms with Crippen molar-refractivity contribution in [3.05, 3.63) is 53.6 Å². The first-order valence-electron chi connectivity index (χ1n) is 11.3. The van der Waals surface area contributed by atoms with Gasteiger partial charge in [-0.1, -0.05) is 37.6 Å². The maximum absolute atomic E-state index is 13.4. The lowest BCUT2D eigenvalue weighted by Gasteiger charge is -2.32. The summed E-state index contributed by atoms with van der Waals surface area (Å²) in [5, 5.41) is 10.6. The Morgan fingerprint density at radius 1 is 1.09 bits per heavy atom. The highest BCUT2D eigenvalue weighted by atomic mass is 35.5. The molecule has 2 aromatic carbocycles. The number of carbonyl (C=O) groups is 1. The predicted molar refractivity (Wildman–Crippen MR) is 137 cm³/mol. The van der Waals surface area contributed by atoms with E-state index in [0.717, 1.165) is 0 Å². The van der Waals surface area contributed by atoms with E-state index in [2.05, 4.69) is 0 Å². The zero-order valence-corrected chi connectivity index (χ0v) is 21.5. The molecular weight excluding hydrogens is 476 g/mol. The van der Waals surface area contributed by atoms with Gasteiger partial charge in [-0.15, -0.1) is 0 Å². The van der Waals surface area contributed by atoms with Crippen LogP contribution in [0.1, 0.15) is 33.6 Å². The Labute approximate surface area is 207 Å². The van der Waals surface area contributed by atoms with Gasteiger partial charge in [0.1, 0.15) is 0 Å². The van der Waals surface area contributed by atoms with Crippen molar-refractivity contribution in [3.63, 3.8) is 0 Å². The van der Waals surface area contributed by atoms with E-state index in [4.69, 9.17) is 23.1 Å². The van der Waals surface area contributed by atoms with Crippen LogP contribution in [0.4, 0.5) is 11.4 Å². The Balaban J connectivity index is 2.25. The van der Waals surface area contributed by atoms with Crippen LogP contribution in [0.3, 0.4) is 0 Å². The third-order valence-electron chi connectivity index (χ3n) is 5.37. The smallest absolute Gasteiger partial charge is 0.243 e. The summed E-state index contributed by atoms with van der Waals surface area (Å²) in [5.74, 6) is -0.251. The van der Waals surface area contributed by atoms with Crippen molar-refractivity contribution in [1.82, 2.24) is 4.31 Å². The second kappa shape index (κ2) is 12.5. The van der Waals surface area contributed by atoms with E-state index >= 15 is 0 Å². The number of aliphatic hydroxyl groups is 1. The molecule has 0 aromatic heterocycles. The molecular formula is C24H35ClN4O4S. The Hall–Kier alpha value is -2.17.